The molecule has 6 nitrogen and oxygen atoms in total. The zero-order chi connectivity index (χ0) is 16.8. The van der Waals surface area contributed by atoms with Crippen LogP contribution in [-0.4, -0.2) is 37.5 Å². The van der Waals surface area contributed by atoms with E-state index in [0.29, 0.717) is 11.8 Å². The van der Waals surface area contributed by atoms with Crippen molar-refractivity contribution in [1.82, 2.24) is 25.1 Å². The van der Waals surface area contributed by atoms with Crippen molar-refractivity contribution in [3.05, 3.63) is 24.5 Å². The molecular weight excluding hydrogens is 322 g/mol. The Labute approximate surface area is 146 Å². The Balaban J connectivity index is 1.55. The fourth-order valence-corrected chi connectivity index (χ4v) is 3.73. The van der Waals surface area contributed by atoms with Gasteiger partial charge in [-0.25, -0.2) is 0 Å². The lowest BCUT2D eigenvalue weighted by molar-refractivity contribution is -0.119. The second kappa shape index (κ2) is 8.28. The molecule has 2 heterocycles. The summed E-state index contributed by atoms with van der Waals surface area (Å²) < 4.78 is 1.90. The van der Waals surface area contributed by atoms with E-state index in [-0.39, 0.29) is 5.91 Å². The Morgan fingerprint density at radius 2 is 2.08 bits per heavy atom. The van der Waals surface area contributed by atoms with Crippen LogP contribution in [0.2, 0.25) is 0 Å². The van der Waals surface area contributed by atoms with Crippen molar-refractivity contribution in [2.24, 2.45) is 7.05 Å². The van der Waals surface area contributed by atoms with Crippen molar-refractivity contribution < 1.29 is 4.79 Å². The standard InChI is InChI=1S/C17H23N5OS/c1-22-16(13-7-6-10-18-11-13)20-21-17(22)24-12-15(23)19-14-8-4-2-3-5-9-14/h6-7,10-11,14H,2-5,8-9,12H2,1H3,(H,19,23). The van der Waals surface area contributed by atoms with E-state index in [1.165, 1.54) is 37.4 Å². The van der Waals surface area contributed by atoms with Gasteiger partial charge in [0.1, 0.15) is 0 Å². The molecule has 3 rings (SSSR count). The fraction of sp³-hybridized carbons (Fsp3) is 0.529. The molecule has 1 aliphatic rings. The number of nitrogens with one attached hydrogen (secondary N) is 1. The second-order valence-corrected chi connectivity index (χ2v) is 7.09. The average molecular weight is 345 g/mol. The third-order valence-electron chi connectivity index (χ3n) is 4.31. The Hall–Kier alpha value is -1.89. The van der Waals surface area contributed by atoms with Crippen molar-refractivity contribution in [3.63, 3.8) is 0 Å². The van der Waals surface area contributed by atoms with Gasteiger partial charge in [-0.1, -0.05) is 37.4 Å². The average Bonchev–Trinajstić information content (AvgIpc) is 2.79. The quantitative estimate of drug-likeness (QED) is 0.666. The Bertz CT molecular complexity index is 665. The molecule has 1 saturated carbocycles. The molecule has 0 unspecified atom stereocenters. The minimum Gasteiger partial charge on any atom is -0.353 e. The van der Waals surface area contributed by atoms with E-state index in [1.807, 2.05) is 23.7 Å². The van der Waals surface area contributed by atoms with Gasteiger partial charge in [-0.2, -0.15) is 0 Å². The van der Waals surface area contributed by atoms with Crippen LogP contribution in [0.1, 0.15) is 38.5 Å². The van der Waals surface area contributed by atoms with E-state index in [4.69, 9.17) is 0 Å². The molecule has 0 radical (unpaired) electrons. The molecule has 0 atom stereocenters. The number of thioether (sulfide) groups is 1. The predicted molar refractivity (Wildman–Crippen MR) is 94.6 cm³/mol. The first-order valence-corrected chi connectivity index (χ1v) is 9.44. The first-order valence-electron chi connectivity index (χ1n) is 8.46. The second-order valence-electron chi connectivity index (χ2n) is 6.15. The Morgan fingerprint density at radius 3 is 2.79 bits per heavy atom. The summed E-state index contributed by atoms with van der Waals surface area (Å²) in [5.74, 6) is 1.21. The van der Waals surface area contributed by atoms with Gasteiger partial charge in [0.05, 0.1) is 5.75 Å². The first-order chi connectivity index (χ1) is 11.7. The molecule has 1 aliphatic carbocycles. The highest BCUT2D eigenvalue weighted by Crippen LogP contribution is 2.22. The molecule has 1 N–H and O–H groups in total. The minimum absolute atomic E-state index is 0.0813. The molecule has 24 heavy (non-hydrogen) atoms. The van der Waals surface area contributed by atoms with Crippen LogP contribution in [0.3, 0.4) is 0 Å². The van der Waals surface area contributed by atoms with Crippen LogP contribution in [0.15, 0.2) is 29.7 Å². The molecule has 2 aromatic rings. The lowest BCUT2D eigenvalue weighted by Gasteiger charge is -2.15. The summed E-state index contributed by atoms with van der Waals surface area (Å²) in [4.78, 5) is 16.3. The third-order valence-corrected chi connectivity index (χ3v) is 5.33. The number of carbonyl (C=O) groups excluding carboxylic acids is 1. The number of carbonyl (C=O) groups is 1. The molecule has 1 amide bonds. The maximum atomic E-state index is 12.2. The van der Waals surface area contributed by atoms with E-state index in [0.717, 1.165) is 29.4 Å². The number of hydrogen-bond acceptors (Lipinski definition) is 5. The molecule has 0 aromatic carbocycles. The molecule has 0 aliphatic heterocycles. The number of nitrogens with zero attached hydrogens (tertiary/aromatic N) is 4. The third kappa shape index (κ3) is 4.35. The van der Waals surface area contributed by atoms with Gasteiger partial charge in [0.15, 0.2) is 11.0 Å². The van der Waals surface area contributed by atoms with E-state index >= 15 is 0 Å². The number of amides is 1. The first kappa shape index (κ1) is 17.0. The highest BCUT2D eigenvalue weighted by atomic mass is 32.2. The van der Waals surface area contributed by atoms with Crippen LogP contribution < -0.4 is 5.32 Å². The maximum Gasteiger partial charge on any atom is 0.230 e. The number of pyridine rings is 1. The number of rotatable bonds is 5. The van der Waals surface area contributed by atoms with Crippen LogP contribution in [0, 0.1) is 0 Å². The number of hydrogen-bond donors (Lipinski definition) is 1. The SMILES string of the molecule is Cn1c(SCC(=O)NC2CCCCCC2)nnc1-c1cccnc1. The van der Waals surface area contributed by atoms with Gasteiger partial charge in [0.2, 0.25) is 5.91 Å². The molecule has 0 saturated heterocycles. The van der Waals surface area contributed by atoms with E-state index < -0.39 is 0 Å². The van der Waals surface area contributed by atoms with E-state index in [1.54, 1.807) is 12.4 Å². The van der Waals surface area contributed by atoms with Crippen molar-refractivity contribution in [3.8, 4) is 11.4 Å². The van der Waals surface area contributed by atoms with Gasteiger partial charge in [0, 0.05) is 31.0 Å². The van der Waals surface area contributed by atoms with Crippen LogP contribution in [0.5, 0.6) is 0 Å². The maximum absolute atomic E-state index is 12.2. The molecular formula is C17H23N5OS. The van der Waals surface area contributed by atoms with Crippen LogP contribution >= 0.6 is 11.8 Å². The lowest BCUT2D eigenvalue weighted by Crippen LogP contribution is -2.35. The van der Waals surface area contributed by atoms with Crippen molar-refractivity contribution in [2.75, 3.05) is 5.75 Å². The number of aromatic nitrogens is 4. The van der Waals surface area contributed by atoms with Crippen LogP contribution in [0.4, 0.5) is 0 Å². The Morgan fingerprint density at radius 1 is 1.29 bits per heavy atom. The summed E-state index contributed by atoms with van der Waals surface area (Å²) in [6, 6.07) is 4.16. The summed E-state index contributed by atoms with van der Waals surface area (Å²) in [6.45, 7) is 0. The summed E-state index contributed by atoms with van der Waals surface area (Å²) >= 11 is 1.42. The van der Waals surface area contributed by atoms with Crippen molar-refractivity contribution in [2.45, 2.75) is 49.7 Å². The summed E-state index contributed by atoms with van der Waals surface area (Å²) in [6.07, 6.45) is 10.7. The van der Waals surface area contributed by atoms with Gasteiger partial charge in [-0.3, -0.25) is 9.78 Å². The molecule has 7 heteroatoms. The van der Waals surface area contributed by atoms with Gasteiger partial charge >= 0.3 is 0 Å². The van der Waals surface area contributed by atoms with Gasteiger partial charge in [0.25, 0.3) is 0 Å². The smallest absolute Gasteiger partial charge is 0.230 e. The predicted octanol–water partition coefficient (Wildman–Crippen LogP) is 2.81. The van der Waals surface area contributed by atoms with E-state index in [2.05, 4.69) is 20.5 Å². The molecule has 128 valence electrons. The Kier molecular flexibility index (Phi) is 5.85. The summed E-state index contributed by atoms with van der Waals surface area (Å²) in [5, 5.41) is 12.3. The normalized spacial score (nSPS) is 15.9. The monoisotopic (exact) mass is 345 g/mol. The van der Waals surface area contributed by atoms with Gasteiger partial charge < -0.3 is 9.88 Å². The highest BCUT2D eigenvalue weighted by molar-refractivity contribution is 7.99. The highest BCUT2D eigenvalue weighted by Gasteiger charge is 2.16. The van der Waals surface area contributed by atoms with Gasteiger partial charge in [-0.15, -0.1) is 10.2 Å². The zero-order valence-corrected chi connectivity index (χ0v) is 14.8. The van der Waals surface area contributed by atoms with Crippen molar-refractivity contribution in [1.29, 1.82) is 0 Å². The largest absolute Gasteiger partial charge is 0.353 e. The summed E-state index contributed by atoms with van der Waals surface area (Å²) in [5.41, 5.74) is 0.919. The lowest BCUT2D eigenvalue weighted by atomic mass is 10.1. The molecule has 0 bridgehead atoms. The molecule has 1 fully saturated rings. The van der Waals surface area contributed by atoms with Gasteiger partial charge in [-0.05, 0) is 25.0 Å². The van der Waals surface area contributed by atoms with Crippen molar-refractivity contribution >= 4 is 17.7 Å². The topological polar surface area (TPSA) is 72.7 Å². The van der Waals surface area contributed by atoms with Crippen LogP contribution in [-0.2, 0) is 11.8 Å². The zero-order valence-electron chi connectivity index (χ0n) is 13.9. The minimum atomic E-state index is 0.0813. The van der Waals surface area contributed by atoms with Crippen LogP contribution in [0.25, 0.3) is 11.4 Å². The summed E-state index contributed by atoms with van der Waals surface area (Å²) in [7, 11) is 1.91. The molecule has 0 spiro atoms. The van der Waals surface area contributed by atoms with E-state index in [9.17, 15) is 4.79 Å². The fourth-order valence-electron chi connectivity index (χ4n) is 3.01. The molecule has 2 aromatic heterocycles.